The molecule has 7 heteroatoms. The van der Waals surface area contributed by atoms with E-state index in [-0.39, 0.29) is 0 Å². The van der Waals surface area contributed by atoms with Gasteiger partial charge >= 0.3 is 0 Å². The summed E-state index contributed by atoms with van der Waals surface area (Å²) >= 11 is 0. The van der Waals surface area contributed by atoms with Gasteiger partial charge in [0.15, 0.2) is 5.65 Å². The molecule has 6 rings (SSSR count). The number of benzene rings is 1. The minimum absolute atomic E-state index is 0.397. The van der Waals surface area contributed by atoms with E-state index in [0.717, 1.165) is 36.5 Å². The molecule has 0 radical (unpaired) electrons. The molecule has 174 valence electrons. The maximum absolute atomic E-state index is 4.59. The number of hydrogen-bond donors (Lipinski definition) is 1. The summed E-state index contributed by atoms with van der Waals surface area (Å²) in [6.45, 7) is 7.79. The van der Waals surface area contributed by atoms with Gasteiger partial charge in [-0.3, -0.25) is 9.58 Å². The van der Waals surface area contributed by atoms with Crippen LogP contribution in [0.25, 0.3) is 27.8 Å². The first-order valence-corrected chi connectivity index (χ1v) is 12.2. The summed E-state index contributed by atoms with van der Waals surface area (Å²) in [5.41, 5.74) is 8.40. The lowest BCUT2D eigenvalue weighted by atomic mass is 9.87. The van der Waals surface area contributed by atoms with Crippen molar-refractivity contribution in [3.05, 3.63) is 71.9 Å². The first-order chi connectivity index (χ1) is 16.5. The number of hydrogen-bond acceptors (Lipinski definition) is 4. The zero-order valence-electron chi connectivity index (χ0n) is 20.1. The van der Waals surface area contributed by atoms with E-state index in [0.29, 0.717) is 11.8 Å². The number of likely N-dealkylation sites (tertiary alicyclic amines) is 1. The predicted molar refractivity (Wildman–Crippen MR) is 135 cm³/mol. The Hall–Kier alpha value is -3.45. The molecular formula is C27H31N7. The normalized spacial score (nSPS) is 15.8. The van der Waals surface area contributed by atoms with E-state index in [1.165, 1.54) is 40.4 Å². The molecule has 1 saturated heterocycles. The highest BCUT2D eigenvalue weighted by molar-refractivity contribution is 5.91. The lowest BCUT2D eigenvalue weighted by Crippen LogP contribution is -2.32. The summed E-state index contributed by atoms with van der Waals surface area (Å²) < 4.78 is 3.73. The molecule has 5 heterocycles. The second kappa shape index (κ2) is 8.40. The fourth-order valence-corrected chi connectivity index (χ4v) is 5.49. The summed E-state index contributed by atoms with van der Waals surface area (Å²) in [6.07, 6.45) is 12.3. The quantitative estimate of drug-likeness (QED) is 0.401. The number of piperidine rings is 1. The Kier molecular flexibility index (Phi) is 5.21. The minimum atomic E-state index is 0.397. The minimum Gasteiger partial charge on any atom is -0.354 e. The first kappa shape index (κ1) is 21.1. The standard InChI is InChI=1S/C27H31N7/c1-18(2)26-23-12-21(20-7-10-33(11-8-20)16-19-13-30-32(3)15-19)4-5-24(23)31-27(26)22-14-28-25-6-9-29-34(25)17-22/h4-6,9,12-15,17-18,20,31H,7-8,10-11,16H2,1-3H3. The van der Waals surface area contributed by atoms with E-state index in [1.807, 2.05) is 34.7 Å². The molecule has 1 fully saturated rings. The van der Waals surface area contributed by atoms with Crippen molar-refractivity contribution < 1.29 is 0 Å². The number of aromatic amines is 1. The van der Waals surface area contributed by atoms with Gasteiger partial charge in [0.1, 0.15) is 0 Å². The third-order valence-electron chi connectivity index (χ3n) is 7.20. The van der Waals surface area contributed by atoms with Crippen molar-refractivity contribution in [1.29, 1.82) is 0 Å². The van der Waals surface area contributed by atoms with E-state index in [9.17, 15) is 0 Å². The van der Waals surface area contributed by atoms with Crippen molar-refractivity contribution in [2.45, 2.75) is 45.1 Å². The molecule has 1 N–H and O–H groups in total. The smallest absolute Gasteiger partial charge is 0.154 e. The van der Waals surface area contributed by atoms with Gasteiger partial charge in [0.25, 0.3) is 0 Å². The molecule has 1 aliphatic heterocycles. The summed E-state index contributed by atoms with van der Waals surface area (Å²) in [4.78, 5) is 10.8. The monoisotopic (exact) mass is 453 g/mol. The van der Waals surface area contributed by atoms with Crippen molar-refractivity contribution in [3.63, 3.8) is 0 Å². The third kappa shape index (κ3) is 3.80. The van der Waals surface area contributed by atoms with E-state index >= 15 is 0 Å². The maximum Gasteiger partial charge on any atom is 0.154 e. The molecule has 0 atom stereocenters. The van der Waals surface area contributed by atoms with Gasteiger partial charge in [-0.05, 0) is 61.0 Å². The van der Waals surface area contributed by atoms with Crippen LogP contribution in [0.2, 0.25) is 0 Å². The molecule has 5 aromatic rings. The van der Waals surface area contributed by atoms with E-state index in [2.05, 4.69) is 69.5 Å². The number of fused-ring (bicyclic) bond motifs is 2. The van der Waals surface area contributed by atoms with E-state index in [1.54, 1.807) is 6.20 Å². The van der Waals surface area contributed by atoms with Crippen LogP contribution < -0.4 is 0 Å². The Bertz CT molecular complexity index is 1450. The second-order valence-corrected chi connectivity index (χ2v) is 9.92. The van der Waals surface area contributed by atoms with Gasteiger partial charge in [-0.1, -0.05) is 19.9 Å². The largest absolute Gasteiger partial charge is 0.354 e. The van der Waals surface area contributed by atoms with E-state index in [4.69, 9.17) is 0 Å². The van der Waals surface area contributed by atoms with Crippen LogP contribution in [0, 0.1) is 0 Å². The molecule has 1 aliphatic rings. The van der Waals surface area contributed by atoms with Gasteiger partial charge in [0, 0.05) is 60.3 Å². The fraction of sp³-hybridized carbons (Fsp3) is 0.370. The van der Waals surface area contributed by atoms with Crippen LogP contribution in [-0.2, 0) is 13.6 Å². The zero-order valence-corrected chi connectivity index (χ0v) is 20.1. The number of aryl methyl sites for hydroxylation is 1. The molecule has 0 spiro atoms. The van der Waals surface area contributed by atoms with Crippen LogP contribution in [0.1, 0.15) is 55.2 Å². The average Bonchev–Trinajstić information content (AvgIpc) is 3.56. The van der Waals surface area contributed by atoms with Gasteiger partial charge < -0.3 is 4.98 Å². The van der Waals surface area contributed by atoms with Crippen LogP contribution in [0.15, 0.2) is 55.2 Å². The van der Waals surface area contributed by atoms with Crippen LogP contribution in [0.5, 0.6) is 0 Å². The molecule has 0 aliphatic carbocycles. The Morgan fingerprint density at radius 3 is 2.68 bits per heavy atom. The van der Waals surface area contributed by atoms with Gasteiger partial charge in [-0.25, -0.2) is 9.50 Å². The van der Waals surface area contributed by atoms with Gasteiger partial charge in [0.05, 0.1) is 18.1 Å². The lowest BCUT2D eigenvalue weighted by molar-refractivity contribution is 0.204. The Morgan fingerprint density at radius 2 is 1.91 bits per heavy atom. The van der Waals surface area contributed by atoms with Crippen molar-refractivity contribution in [2.75, 3.05) is 13.1 Å². The number of rotatable bonds is 5. The molecule has 0 amide bonds. The van der Waals surface area contributed by atoms with Crippen LogP contribution in [-0.4, -0.2) is 47.4 Å². The Morgan fingerprint density at radius 1 is 1.06 bits per heavy atom. The summed E-state index contributed by atoms with van der Waals surface area (Å²) in [5.74, 6) is 1.00. The zero-order chi connectivity index (χ0) is 23.2. The molecule has 0 saturated carbocycles. The molecular weight excluding hydrogens is 422 g/mol. The van der Waals surface area contributed by atoms with Crippen LogP contribution >= 0.6 is 0 Å². The highest BCUT2D eigenvalue weighted by Gasteiger charge is 2.23. The highest BCUT2D eigenvalue weighted by Crippen LogP contribution is 2.38. The SMILES string of the molecule is CC(C)c1c(-c2cnc3ccnn3c2)[nH]c2ccc(C3CCN(Cc4cnn(C)c4)CC3)cc12. The number of nitrogens with one attached hydrogen (secondary N) is 1. The maximum atomic E-state index is 4.59. The summed E-state index contributed by atoms with van der Waals surface area (Å²) in [7, 11) is 1.98. The Balaban J connectivity index is 1.27. The van der Waals surface area contributed by atoms with Crippen LogP contribution in [0.4, 0.5) is 0 Å². The predicted octanol–water partition coefficient (Wildman–Crippen LogP) is 5.11. The Labute approximate surface area is 199 Å². The van der Waals surface area contributed by atoms with Gasteiger partial charge in [-0.2, -0.15) is 10.2 Å². The average molecular weight is 454 g/mol. The summed E-state index contributed by atoms with van der Waals surface area (Å²) in [5, 5.41) is 10.0. The highest BCUT2D eigenvalue weighted by atomic mass is 15.2. The molecule has 1 aromatic carbocycles. The van der Waals surface area contributed by atoms with Crippen molar-refractivity contribution in [1.82, 2.24) is 34.3 Å². The summed E-state index contributed by atoms with van der Waals surface area (Å²) in [6, 6.07) is 8.95. The van der Waals surface area contributed by atoms with Crippen molar-refractivity contribution >= 4 is 16.6 Å². The second-order valence-electron chi connectivity index (χ2n) is 9.92. The number of H-pyrrole nitrogens is 1. The lowest BCUT2D eigenvalue weighted by Gasteiger charge is -2.32. The molecule has 0 bridgehead atoms. The number of aromatic nitrogens is 6. The fourth-order valence-electron chi connectivity index (χ4n) is 5.49. The molecule has 0 unspecified atom stereocenters. The third-order valence-corrected chi connectivity index (χ3v) is 7.20. The molecule has 4 aromatic heterocycles. The van der Waals surface area contributed by atoms with Crippen LogP contribution in [0.3, 0.4) is 0 Å². The first-order valence-electron chi connectivity index (χ1n) is 12.2. The number of nitrogens with zero attached hydrogens (tertiary/aromatic N) is 6. The molecule has 7 nitrogen and oxygen atoms in total. The van der Waals surface area contributed by atoms with Crippen molar-refractivity contribution in [2.24, 2.45) is 7.05 Å². The van der Waals surface area contributed by atoms with E-state index < -0.39 is 0 Å². The van der Waals surface area contributed by atoms with Crippen molar-refractivity contribution in [3.8, 4) is 11.3 Å². The van der Waals surface area contributed by atoms with Gasteiger partial charge in [0.2, 0.25) is 0 Å². The molecule has 34 heavy (non-hydrogen) atoms. The van der Waals surface area contributed by atoms with Gasteiger partial charge in [-0.15, -0.1) is 0 Å². The topological polar surface area (TPSA) is 67.0 Å².